The summed E-state index contributed by atoms with van der Waals surface area (Å²) in [4.78, 5) is 13.3. The average Bonchev–Trinajstić information content (AvgIpc) is 2.16. The lowest BCUT2D eigenvalue weighted by Gasteiger charge is -2.05. The molecular formula is C7H4BrClF2N2O2. The van der Waals surface area contributed by atoms with Crippen LogP contribution in [0.5, 0.6) is 0 Å². The van der Waals surface area contributed by atoms with Gasteiger partial charge in [0.25, 0.3) is 12.1 Å². The maximum atomic E-state index is 12.4. The molecule has 0 aliphatic rings. The van der Waals surface area contributed by atoms with E-state index in [0.717, 1.165) is 6.20 Å². The van der Waals surface area contributed by atoms with Crippen molar-refractivity contribution in [1.82, 2.24) is 4.98 Å². The van der Waals surface area contributed by atoms with E-state index in [-0.39, 0.29) is 16.0 Å². The van der Waals surface area contributed by atoms with E-state index in [1.165, 1.54) is 0 Å². The molecule has 1 heterocycles. The van der Waals surface area contributed by atoms with Gasteiger partial charge in [0.1, 0.15) is 10.0 Å². The number of hydrogen-bond donors (Lipinski definition) is 0. The molecule has 0 saturated carbocycles. The van der Waals surface area contributed by atoms with E-state index in [9.17, 15) is 18.9 Å². The Morgan fingerprint density at radius 1 is 1.67 bits per heavy atom. The third kappa shape index (κ3) is 2.40. The second-order valence-electron chi connectivity index (χ2n) is 2.51. The molecular weight excluding hydrogens is 297 g/mol. The van der Waals surface area contributed by atoms with Gasteiger partial charge in [0.15, 0.2) is 0 Å². The van der Waals surface area contributed by atoms with Crippen molar-refractivity contribution in [1.29, 1.82) is 0 Å². The SMILES string of the molecule is O=[N+]([O-])c1c(C(F)F)cnc(CCl)c1Br. The molecule has 0 fully saturated rings. The summed E-state index contributed by atoms with van der Waals surface area (Å²) in [6.07, 6.45) is -2.18. The van der Waals surface area contributed by atoms with Crippen LogP contribution < -0.4 is 0 Å². The molecule has 0 saturated heterocycles. The Kier molecular flexibility index (Phi) is 3.92. The van der Waals surface area contributed by atoms with E-state index >= 15 is 0 Å². The van der Waals surface area contributed by atoms with Crippen LogP contribution in [-0.2, 0) is 5.88 Å². The minimum absolute atomic E-state index is 0.0923. The van der Waals surface area contributed by atoms with Gasteiger partial charge in [-0.2, -0.15) is 0 Å². The van der Waals surface area contributed by atoms with Crippen molar-refractivity contribution in [3.8, 4) is 0 Å². The molecule has 0 amide bonds. The first-order chi connectivity index (χ1) is 6.99. The third-order valence-electron chi connectivity index (χ3n) is 1.64. The number of aromatic nitrogens is 1. The molecule has 0 aliphatic heterocycles. The Morgan fingerprint density at radius 2 is 2.27 bits per heavy atom. The molecule has 0 spiro atoms. The largest absolute Gasteiger partial charge is 0.295 e. The van der Waals surface area contributed by atoms with Crippen molar-refractivity contribution < 1.29 is 13.7 Å². The molecule has 15 heavy (non-hydrogen) atoms. The third-order valence-corrected chi connectivity index (χ3v) is 2.72. The van der Waals surface area contributed by atoms with Crippen LogP contribution in [0.1, 0.15) is 17.7 Å². The highest BCUT2D eigenvalue weighted by molar-refractivity contribution is 9.10. The van der Waals surface area contributed by atoms with Crippen LogP contribution in [0.4, 0.5) is 14.5 Å². The Bertz CT molecular complexity index is 403. The van der Waals surface area contributed by atoms with E-state index in [1.807, 2.05) is 0 Å². The standard InChI is InChI=1S/C7H4BrClF2N2O2/c8-5-4(1-9)12-2-3(7(10)11)6(5)13(14)15/h2,7H,1H2. The minimum atomic E-state index is -2.95. The Labute approximate surface area is 96.5 Å². The van der Waals surface area contributed by atoms with Crippen LogP contribution in [0.2, 0.25) is 0 Å². The molecule has 0 unspecified atom stereocenters. The smallest absolute Gasteiger partial charge is 0.258 e. The van der Waals surface area contributed by atoms with Crippen LogP contribution >= 0.6 is 27.5 Å². The van der Waals surface area contributed by atoms with Crippen molar-refractivity contribution in [3.63, 3.8) is 0 Å². The Hall–Kier alpha value is -0.820. The molecule has 0 bridgehead atoms. The molecule has 1 rings (SSSR count). The molecule has 0 aliphatic carbocycles. The van der Waals surface area contributed by atoms with Crippen molar-refractivity contribution in [3.05, 3.63) is 32.0 Å². The fourth-order valence-corrected chi connectivity index (χ4v) is 1.95. The number of hydrogen-bond acceptors (Lipinski definition) is 3. The minimum Gasteiger partial charge on any atom is -0.258 e. The number of nitro groups is 1. The number of nitrogens with zero attached hydrogens (tertiary/aromatic N) is 2. The lowest BCUT2D eigenvalue weighted by Crippen LogP contribution is -2.01. The van der Waals surface area contributed by atoms with E-state index in [2.05, 4.69) is 20.9 Å². The summed E-state index contributed by atoms with van der Waals surface area (Å²) in [5.74, 6) is -0.0923. The van der Waals surface area contributed by atoms with E-state index < -0.39 is 22.6 Å². The molecule has 1 aromatic heterocycles. The van der Waals surface area contributed by atoms with Gasteiger partial charge in [-0.15, -0.1) is 11.6 Å². The van der Waals surface area contributed by atoms with Crippen LogP contribution in [0.15, 0.2) is 10.7 Å². The first-order valence-electron chi connectivity index (χ1n) is 3.64. The second-order valence-corrected chi connectivity index (χ2v) is 3.57. The van der Waals surface area contributed by atoms with Gasteiger partial charge >= 0.3 is 0 Å². The first-order valence-corrected chi connectivity index (χ1v) is 4.97. The zero-order chi connectivity index (χ0) is 11.6. The highest BCUT2D eigenvalue weighted by atomic mass is 79.9. The zero-order valence-electron chi connectivity index (χ0n) is 7.08. The van der Waals surface area contributed by atoms with Gasteiger partial charge in [-0.05, 0) is 15.9 Å². The van der Waals surface area contributed by atoms with Gasteiger partial charge < -0.3 is 0 Å². The van der Waals surface area contributed by atoms with E-state index in [4.69, 9.17) is 11.6 Å². The number of pyridine rings is 1. The lowest BCUT2D eigenvalue weighted by atomic mass is 10.2. The van der Waals surface area contributed by atoms with Gasteiger partial charge in [-0.25, -0.2) is 8.78 Å². The predicted octanol–water partition coefficient (Wildman–Crippen LogP) is 3.43. The topological polar surface area (TPSA) is 56.0 Å². The number of rotatable bonds is 3. The fraction of sp³-hybridized carbons (Fsp3) is 0.286. The monoisotopic (exact) mass is 300 g/mol. The number of alkyl halides is 3. The van der Waals surface area contributed by atoms with Crippen LogP contribution in [0.3, 0.4) is 0 Å². The number of halogens is 4. The summed E-state index contributed by atoms with van der Waals surface area (Å²) in [5.41, 5.74) is -1.25. The summed E-state index contributed by atoms with van der Waals surface area (Å²) in [6.45, 7) is 0. The van der Waals surface area contributed by atoms with Crippen molar-refractivity contribution in [2.75, 3.05) is 0 Å². The quantitative estimate of drug-likeness (QED) is 0.488. The molecule has 1 aromatic rings. The highest BCUT2D eigenvalue weighted by Crippen LogP contribution is 2.36. The second kappa shape index (κ2) is 4.80. The molecule has 0 N–H and O–H groups in total. The molecule has 8 heteroatoms. The van der Waals surface area contributed by atoms with E-state index in [1.54, 1.807) is 0 Å². The van der Waals surface area contributed by atoms with Gasteiger partial charge in [0.2, 0.25) is 0 Å². The zero-order valence-corrected chi connectivity index (χ0v) is 9.43. The summed E-state index contributed by atoms with van der Waals surface area (Å²) < 4.78 is 24.7. The fourth-order valence-electron chi connectivity index (χ4n) is 0.967. The molecule has 82 valence electrons. The average molecular weight is 301 g/mol. The lowest BCUT2D eigenvalue weighted by molar-refractivity contribution is -0.387. The maximum absolute atomic E-state index is 12.4. The highest BCUT2D eigenvalue weighted by Gasteiger charge is 2.27. The molecule has 0 atom stereocenters. The normalized spacial score (nSPS) is 10.7. The van der Waals surface area contributed by atoms with Crippen LogP contribution in [-0.4, -0.2) is 9.91 Å². The van der Waals surface area contributed by atoms with Crippen molar-refractivity contribution in [2.24, 2.45) is 0 Å². The molecule has 0 radical (unpaired) electrons. The summed E-state index contributed by atoms with van der Waals surface area (Å²) in [7, 11) is 0. The van der Waals surface area contributed by atoms with Crippen LogP contribution in [0, 0.1) is 10.1 Å². The van der Waals surface area contributed by atoms with E-state index in [0.29, 0.717) is 0 Å². The van der Waals surface area contributed by atoms with Gasteiger partial charge in [0.05, 0.1) is 16.5 Å². The summed E-state index contributed by atoms with van der Waals surface area (Å²) >= 11 is 8.28. The van der Waals surface area contributed by atoms with Gasteiger partial charge in [-0.3, -0.25) is 15.1 Å². The molecule has 0 aromatic carbocycles. The summed E-state index contributed by atoms with van der Waals surface area (Å²) in [5, 5.41) is 10.6. The molecule has 4 nitrogen and oxygen atoms in total. The maximum Gasteiger partial charge on any atom is 0.295 e. The first kappa shape index (κ1) is 12.3. The van der Waals surface area contributed by atoms with Gasteiger partial charge in [0, 0.05) is 6.20 Å². The Balaban J connectivity index is 3.44. The predicted molar refractivity (Wildman–Crippen MR) is 53.1 cm³/mol. The van der Waals surface area contributed by atoms with Crippen LogP contribution in [0.25, 0.3) is 0 Å². The summed E-state index contributed by atoms with van der Waals surface area (Å²) in [6, 6.07) is 0. The van der Waals surface area contributed by atoms with Crippen molar-refractivity contribution >= 4 is 33.2 Å². The van der Waals surface area contributed by atoms with Gasteiger partial charge in [-0.1, -0.05) is 0 Å². The van der Waals surface area contributed by atoms with Crippen molar-refractivity contribution in [2.45, 2.75) is 12.3 Å². The Morgan fingerprint density at radius 3 is 2.67 bits per heavy atom.